The van der Waals surface area contributed by atoms with Crippen LogP contribution in [0.3, 0.4) is 0 Å². The van der Waals surface area contributed by atoms with E-state index in [4.69, 9.17) is 0 Å². The molecule has 0 radical (unpaired) electrons. The first-order chi connectivity index (χ1) is 7.42. The molecule has 1 atom stereocenters. The van der Waals surface area contributed by atoms with Crippen molar-refractivity contribution in [1.82, 2.24) is 15.5 Å². The van der Waals surface area contributed by atoms with E-state index in [1.54, 1.807) is 6.92 Å². The van der Waals surface area contributed by atoms with Crippen LogP contribution in [0.2, 0.25) is 0 Å². The van der Waals surface area contributed by atoms with E-state index in [9.17, 15) is 14.4 Å². The van der Waals surface area contributed by atoms with Gasteiger partial charge in [0.15, 0.2) is 0 Å². The molecule has 0 aromatic heterocycles. The Morgan fingerprint density at radius 3 is 2.38 bits per heavy atom. The highest BCUT2D eigenvalue weighted by atomic mass is 16.5. The lowest BCUT2D eigenvalue weighted by Gasteiger charge is -2.17. The van der Waals surface area contributed by atoms with Crippen molar-refractivity contribution < 1.29 is 19.1 Å². The minimum absolute atomic E-state index is 0.159. The fourth-order valence-corrected chi connectivity index (χ4v) is 1.00. The Morgan fingerprint density at radius 1 is 1.38 bits per heavy atom. The fraction of sp³-hybridized carbons (Fsp3) is 0.667. The molecule has 3 amide bonds. The number of hydrogen-bond acceptors (Lipinski definition) is 4. The molecule has 7 heteroatoms. The average molecular weight is 231 g/mol. The summed E-state index contributed by atoms with van der Waals surface area (Å²) in [6.07, 6.45) is -0.609. The Kier molecular flexibility index (Phi) is 5.91. The van der Waals surface area contributed by atoms with Gasteiger partial charge in [-0.15, -0.1) is 0 Å². The van der Waals surface area contributed by atoms with Crippen LogP contribution in [0.4, 0.5) is 4.79 Å². The predicted molar refractivity (Wildman–Crippen MR) is 56.7 cm³/mol. The number of ether oxygens (including phenoxy) is 1. The standard InChI is InChI=1S/C9H17N3O4/c1-6(8(14)10-2)11-7(13)5-12(3)9(15)16-4/h6H,5H2,1-4H3,(H,10,14)(H,11,13). The van der Waals surface area contributed by atoms with Crippen LogP contribution in [-0.2, 0) is 14.3 Å². The summed E-state index contributed by atoms with van der Waals surface area (Å²) >= 11 is 0. The van der Waals surface area contributed by atoms with E-state index < -0.39 is 18.0 Å². The molecule has 0 aliphatic rings. The molecule has 0 rings (SSSR count). The second-order valence-electron chi connectivity index (χ2n) is 3.23. The zero-order chi connectivity index (χ0) is 12.7. The Morgan fingerprint density at radius 2 is 1.94 bits per heavy atom. The summed E-state index contributed by atoms with van der Waals surface area (Å²) < 4.78 is 4.41. The van der Waals surface area contributed by atoms with Crippen LogP contribution >= 0.6 is 0 Å². The highest BCUT2D eigenvalue weighted by Crippen LogP contribution is 1.89. The molecule has 92 valence electrons. The molecule has 7 nitrogen and oxygen atoms in total. The largest absolute Gasteiger partial charge is 0.453 e. The van der Waals surface area contributed by atoms with E-state index in [1.165, 1.54) is 21.2 Å². The maximum Gasteiger partial charge on any atom is 0.409 e. The van der Waals surface area contributed by atoms with Crippen molar-refractivity contribution >= 4 is 17.9 Å². The molecule has 0 aromatic carbocycles. The molecule has 16 heavy (non-hydrogen) atoms. The highest BCUT2D eigenvalue weighted by Gasteiger charge is 2.17. The van der Waals surface area contributed by atoms with Crippen molar-refractivity contribution in [3.05, 3.63) is 0 Å². The molecule has 0 saturated heterocycles. The van der Waals surface area contributed by atoms with E-state index in [2.05, 4.69) is 15.4 Å². The van der Waals surface area contributed by atoms with Crippen LogP contribution in [0, 0.1) is 0 Å². The molecule has 0 aliphatic carbocycles. The Labute approximate surface area is 94.1 Å². The minimum Gasteiger partial charge on any atom is -0.453 e. The molecule has 0 aliphatic heterocycles. The van der Waals surface area contributed by atoms with Gasteiger partial charge in [-0.25, -0.2) is 4.79 Å². The van der Waals surface area contributed by atoms with Crippen molar-refractivity contribution in [2.45, 2.75) is 13.0 Å². The second kappa shape index (κ2) is 6.65. The second-order valence-corrected chi connectivity index (χ2v) is 3.23. The third-order valence-electron chi connectivity index (χ3n) is 1.88. The van der Waals surface area contributed by atoms with E-state index in [-0.39, 0.29) is 12.5 Å². The molecule has 2 N–H and O–H groups in total. The lowest BCUT2D eigenvalue weighted by Crippen LogP contribution is -2.47. The van der Waals surface area contributed by atoms with Gasteiger partial charge in [0, 0.05) is 14.1 Å². The third kappa shape index (κ3) is 4.63. The van der Waals surface area contributed by atoms with E-state index >= 15 is 0 Å². The van der Waals surface area contributed by atoms with Gasteiger partial charge in [-0.2, -0.15) is 0 Å². The molecule has 0 aromatic rings. The average Bonchev–Trinajstić information content (AvgIpc) is 2.26. The Hall–Kier alpha value is -1.79. The number of amides is 3. The molecule has 0 heterocycles. The first kappa shape index (κ1) is 14.2. The van der Waals surface area contributed by atoms with Gasteiger partial charge in [-0.3, -0.25) is 9.59 Å². The number of methoxy groups -OCH3 is 1. The summed E-state index contributed by atoms with van der Waals surface area (Å²) in [7, 11) is 4.13. The Bertz CT molecular complexity index is 254. The van der Waals surface area contributed by atoms with Gasteiger partial charge in [0.05, 0.1) is 7.11 Å². The van der Waals surface area contributed by atoms with E-state index in [0.29, 0.717) is 0 Å². The number of nitrogens with zero attached hydrogens (tertiary/aromatic N) is 1. The summed E-state index contributed by atoms with van der Waals surface area (Å²) in [5.41, 5.74) is 0. The first-order valence-electron chi connectivity index (χ1n) is 4.72. The summed E-state index contributed by atoms with van der Waals surface area (Å²) in [4.78, 5) is 34.5. The Balaban J connectivity index is 4.08. The molecular weight excluding hydrogens is 214 g/mol. The topological polar surface area (TPSA) is 87.7 Å². The van der Waals surface area contributed by atoms with Crippen LogP contribution in [0.5, 0.6) is 0 Å². The van der Waals surface area contributed by atoms with Crippen molar-refractivity contribution in [2.24, 2.45) is 0 Å². The first-order valence-corrected chi connectivity index (χ1v) is 4.72. The van der Waals surface area contributed by atoms with Gasteiger partial charge in [0.1, 0.15) is 12.6 Å². The molecule has 0 fully saturated rings. The van der Waals surface area contributed by atoms with Crippen molar-refractivity contribution in [3.8, 4) is 0 Å². The summed E-state index contributed by atoms with van der Waals surface area (Å²) in [6.45, 7) is 1.39. The maximum absolute atomic E-state index is 11.4. The number of carbonyl (C=O) groups is 3. The monoisotopic (exact) mass is 231 g/mol. The maximum atomic E-state index is 11.4. The fourth-order valence-electron chi connectivity index (χ4n) is 1.00. The van der Waals surface area contributed by atoms with Gasteiger partial charge < -0.3 is 20.3 Å². The zero-order valence-electron chi connectivity index (χ0n) is 9.86. The van der Waals surface area contributed by atoms with Crippen molar-refractivity contribution in [3.63, 3.8) is 0 Å². The van der Waals surface area contributed by atoms with Crippen LogP contribution in [0.1, 0.15) is 6.92 Å². The van der Waals surface area contributed by atoms with E-state index in [0.717, 1.165) is 4.90 Å². The molecular formula is C9H17N3O4. The van der Waals surface area contributed by atoms with Crippen molar-refractivity contribution in [1.29, 1.82) is 0 Å². The minimum atomic E-state index is -0.636. The molecule has 0 saturated carbocycles. The lowest BCUT2D eigenvalue weighted by molar-refractivity contribution is -0.128. The lowest BCUT2D eigenvalue weighted by atomic mass is 10.3. The number of rotatable bonds is 4. The van der Waals surface area contributed by atoms with Crippen LogP contribution in [0.25, 0.3) is 0 Å². The molecule has 0 bridgehead atoms. The van der Waals surface area contributed by atoms with Gasteiger partial charge in [-0.05, 0) is 6.92 Å². The molecule has 1 unspecified atom stereocenters. The van der Waals surface area contributed by atoms with Gasteiger partial charge in [0.2, 0.25) is 11.8 Å². The summed E-state index contributed by atoms with van der Waals surface area (Å²) in [6, 6.07) is -0.636. The number of nitrogens with one attached hydrogen (secondary N) is 2. The highest BCUT2D eigenvalue weighted by molar-refractivity contribution is 5.88. The predicted octanol–water partition coefficient (Wildman–Crippen LogP) is -1.06. The van der Waals surface area contributed by atoms with E-state index in [1.807, 2.05) is 0 Å². The smallest absolute Gasteiger partial charge is 0.409 e. The van der Waals surface area contributed by atoms with Gasteiger partial charge in [-0.1, -0.05) is 0 Å². The van der Waals surface area contributed by atoms with Gasteiger partial charge >= 0.3 is 6.09 Å². The SMILES string of the molecule is CNC(=O)C(C)NC(=O)CN(C)C(=O)OC. The normalized spacial score (nSPS) is 11.2. The van der Waals surface area contributed by atoms with Crippen LogP contribution < -0.4 is 10.6 Å². The zero-order valence-corrected chi connectivity index (χ0v) is 9.86. The molecule has 0 spiro atoms. The number of carbonyl (C=O) groups excluding carboxylic acids is 3. The summed E-state index contributed by atoms with van der Waals surface area (Å²) in [5, 5.41) is 4.84. The van der Waals surface area contributed by atoms with Crippen LogP contribution in [-0.4, -0.2) is 56.6 Å². The summed E-state index contributed by atoms with van der Waals surface area (Å²) in [5.74, 6) is -0.724. The number of hydrogen-bond donors (Lipinski definition) is 2. The number of likely N-dealkylation sites (N-methyl/N-ethyl adjacent to an activating group) is 2. The third-order valence-corrected chi connectivity index (χ3v) is 1.88. The van der Waals surface area contributed by atoms with Crippen LogP contribution in [0.15, 0.2) is 0 Å². The van der Waals surface area contributed by atoms with Gasteiger partial charge in [0.25, 0.3) is 0 Å². The van der Waals surface area contributed by atoms with Crippen molar-refractivity contribution in [2.75, 3.05) is 27.7 Å². The quantitative estimate of drug-likeness (QED) is 0.645.